The Morgan fingerprint density at radius 1 is 1.24 bits per heavy atom. The van der Waals surface area contributed by atoms with Gasteiger partial charge in [0.1, 0.15) is 0 Å². The second kappa shape index (κ2) is 6.25. The normalized spacial score (nSPS) is 20.8. The van der Waals surface area contributed by atoms with Crippen LogP contribution in [0.3, 0.4) is 0 Å². The Kier molecular flexibility index (Phi) is 4.42. The van der Waals surface area contributed by atoms with Gasteiger partial charge < -0.3 is 21.5 Å². The minimum Gasteiger partial charge on any atom is -0.481 e. The van der Waals surface area contributed by atoms with Gasteiger partial charge >= 0.3 is 12.0 Å². The summed E-state index contributed by atoms with van der Waals surface area (Å²) in [5.74, 6) is -1.79. The van der Waals surface area contributed by atoms with E-state index in [0.29, 0.717) is 30.5 Å². The summed E-state index contributed by atoms with van der Waals surface area (Å²) in [4.78, 5) is 33.7. The zero-order valence-corrected chi connectivity index (χ0v) is 11.3. The molecule has 3 amide bonds. The lowest BCUT2D eigenvalue weighted by Crippen LogP contribution is -2.36. The van der Waals surface area contributed by atoms with Crippen molar-refractivity contribution in [1.82, 2.24) is 5.32 Å². The summed E-state index contributed by atoms with van der Waals surface area (Å²) in [6.07, 6.45) is 1.65. The molecule has 0 spiro atoms. The first-order valence-corrected chi connectivity index (χ1v) is 6.66. The Bertz CT molecular complexity index is 573. The SMILES string of the molecule is NC(=O)c1cccc(NC(=O)NC2CCC(C(=O)O)C2)c1. The van der Waals surface area contributed by atoms with E-state index in [1.54, 1.807) is 18.2 Å². The fourth-order valence-corrected chi connectivity index (χ4v) is 2.44. The average molecular weight is 291 g/mol. The average Bonchev–Trinajstić information content (AvgIpc) is 2.87. The van der Waals surface area contributed by atoms with E-state index in [4.69, 9.17) is 10.8 Å². The van der Waals surface area contributed by atoms with Gasteiger partial charge in [-0.05, 0) is 37.5 Å². The number of anilines is 1. The summed E-state index contributed by atoms with van der Waals surface area (Å²) < 4.78 is 0. The van der Waals surface area contributed by atoms with Gasteiger partial charge in [0, 0.05) is 17.3 Å². The van der Waals surface area contributed by atoms with Crippen molar-refractivity contribution in [2.24, 2.45) is 11.7 Å². The molecule has 7 nitrogen and oxygen atoms in total. The fourth-order valence-electron chi connectivity index (χ4n) is 2.44. The van der Waals surface area contributed by atoms with E-state index in [1.807, 2.05) is 0 Å². The summed E-state index contributed by atoms with van der Waals surface area (Å²) in [6, 6.07) is 5.72. The van der Waals surface area contributed by atoms with Crippen molar-refractivity contribution in [3.05, 3.63) is 29.8 Å². The zero-order valence-electron chi connectivity index (χ0n) is 11.3. The van der Waals surface area contributed by atoms with Gasteiger partial charge in [0.25, 0.3) is 0 Å². The monoisotopic (exact) mass is 291 g/mol. The molecule has 1 aromatic carbocycles. The van der Waals surface area contributed by atoms with E-state index < -0.39 is 23.8 Å². The molecule has 0 radical (unpaired) electrons. The van der Waals surface area contributed by atoms with E-state index in [-0.39, 0.29) is 6.04 Å². The van der Waals surface area contributed by atoms with Crippen LogP contribution in [0.25, 0.3) is 0 Å². The highest BCUT2D eigenvalue weighted by molar-refractivity contribution is 5.95. The van der Waals surface area contributed by atoms with Crippen LogP contribution in [-0.4, -0.2) is 29.1 Å². The van der Waals surface area contributed by atoms with Crippen LogP contribution in [0.1, 0.15) is 29.6 Å². The maximum atomic E-state index is 11.8. The Hall–Kier alpha value is -2.57. The van der Waals surface area contributed by atoms with Crippen LogP contribution in [0.15, 0.2) is 24.3 Å². The lowest BCUT2D eigenvalue weighted by molar-refractivity contribution is -0.141. The van der Waals surface area contributed by atoms with E-state index in [1.165, 1.54) is 6.07 Å². The Morgan fingerprint density at radius 3 is 2.62 bits per heavy atom. The molecule has 0 saturated heterocycles. The number of hydrogen-bond acceptors (Lipinski definition) is 3. The highest BCUT2D eigenvalue weighted by Crippen LogP contribution is 2.25. The maximum absolute atomic E-state index is 11.8. The third-order valence-electron chi connectivity index (χ3n) is 3.52. The van der Waals surface area contributed by atoms with E-state index in [9.17, 15) is 14.4 Å². The van der Waals surface area contributed by atoms with Crippen molar-refractivity contribution in [3.8, 4) is 0 Å². The first-order valence-electron chi connectivity index (χ1n) is 6.66. The Balaban J connectivity index is 1.89. The molecule has 112 valence electrons. The van der Waals surface area contributed by atoms with E-state index in [0.717, 1.165) is 0 Å². The van der Waals surface area contributed by atoms with E-state index >= 15 is 0 Å². The van der Waals surface area contributed by atoms with Crippen LogP contribution in [0.2, 0.25) is 0 Å². The van der Waals surface area contributed by atoms with Crippen molar-refractivity contribution in [3.63, 3.8) is 0 Å². The molecule has 7 heteroatoms. The summed E-state index contributed by atoms with van der Waals surface area (Å²) in [7, 11) is 0. The number of nitrogens with one attached hydrogen (secondary N) is 2. The quantitative estimate of drug-likeness (QED) is 0.665. The number of urea groups is 1. The Morgan fingerprint density at radius 2 is 2.00 bits per heavy atom. The zero-order chi connectivity index (χ0) is 15.4. The van der Waals surface area contributed by atoms with Crippen molar-refractivity contribution in [2.75, 3.05) is 5.32 Å². The number of amides is 3. The van der Waals surface area contributed by atoms with Crippen LogP contribution >= 0.6 is 0 Å². The van der Waals surface area contributed by atoms with Crippen molar-refractivity contribution in [2.45, 2.75) is 25.3 Å². The van der Waals surface area contributed by atoms with E-state index in [2.05, 4.69) is 10.6 Å². The lowest BCUT2D eigenvalue weighted by atomic mass is 10.1. The van der Waals surface area contributed by atoms with Gasteiger partial charge in [0.15, 0.2) is 0 Å². The van der Waals surface area contributed by atoms with Crippen LogP contribution in [-0.2, 0) is 4.79 Å². The standard InChI is InChI=1S/C14H17N3O4/c15-12(18)8-2-1-3-10(6-8)16-14(21)17-11-5-4-9(7-11)13(19)20/h1-3,6,9,11H,4-5,7H2,(H2,15,18)(H,19,20)(H2,16,17,21). The van der Waals surface area contributed by atoms with Gasteiger partial charge in [-0.15, -0.1) is 0 Å². The topological polar surface area (TPSA) is 122 Å². The molecular weight excluding hydrogens is 274 g/mol. The minimum atomic E-state index is -0.825. The molecule has 1 aliphatic carbocycles. The highest BCUT2D eigenvalue weighted by atomic mass is 16.4. The number of carbonyl (C=O) groups is 3. The molecule has 21 heavy (non-hydrogen) atoms. The van der Waals surface area contributed by atoms with Crippen molar-refractivity contribution >= 4 is 23.6 Å². The number of carboxylic acids is 1. The van der Waals surface area contributed by atoms with Gasteiger partial charge in [-0.2, -0.15) is 0 Å². The molecule has 0 bridgehead atoms. The molecule has 2 unspecified atom stereocenters. The summed E-state index contributed by atoms with van der Waals surface area (Å²) >= 11 is 0. The second-order valence-corrected chi connectivity index (χ2v) is 5.09. The number of aliphatic carboxylic acids is 1. The number of nitrogens with two attached hydrogens (primary N) is 1. The predicted molar refractivity (Wildman–Crippen MR) is 75.9 cm³/mol. The summed E-state index contributed by atoms with van der Waals surface area (Å²) in [5.41, 5.74) is 5.93. The third kappa shape index (κ3) is 3.95. The highest BCUT2D eigenvalue weighted by Gasteiger charge is 2.30. The number of primary amides is 1. The fraction of sp³-hybridized carbons (Fsp3) is 0.357. The molecule has 1 saturated carbocycles. The number of rotatable bonds is 4. The molecule has 2 atom stereocenters. The maximum Gasteiger partial charge on any atom is 0.319 e. The molecule has 2 rings (SSSR count). The smallest absolute Gasteiger partial charge is 0.319 e. The van der Waals surface area contributed by atoms with Gasteiger partial charge in [-0.25, -0.2) is 4.79 Å². The van der Waals surface area contributed by atoms with Gasteiger partial charge in [-0.1, -0.05) is 6.07 Å². The first kappa shape index (κ1) is 14.8. The molecule has 1 aromatic rings. The molecule has 1 aliphatic rings. The number of hydrogen-bond donors (Lipinski definition) is 4. The van der Waals surface area contributed by atoms with Gasteiger partial charge in [-0.3, -0.25) is 9.59 Å². The molecule has 0 aliphatic heterocycles. The molecule has 1 fully saturated rings. The van der Waals surface area contributed by atoms with Crippen LogP contribution in [0.4, 0.5) is 10.5 Å². The number of benzene rings is 1. The minimum absolute atomic E-state index is 0.148. The van der Waals surface area contributed by atoms with Gasteiger partial charge in [0.2, 0.25) is 5.91 Å². The molecule has 5 N–H and O–H groups in total. The number of carboxylic acid groups (broad SMARTS) is 1. The van der Waals surface area contributed by atoms with Crippen molar-refractivity contribution in [1.29, 1.82) is 0 Å². The largest absolute Gasteiger partial charge is 0.481 e. The van der Waals surface area contributed by atoms with Crippen molar-refractivity contribution < 1.29 is 19.5 Å². The second-order valence-electron chi connectivity index (χ2n) is 5.09. The predicted octanol–water partition coefficient (Wildman–Crippen LogP) is 1.16. The first-order chi connectivity index (χ1) is 9.95. The van der Waals surface area contributed by atoms with Crippen LogP contribution in [0.5, 0.6) is 0 Å². The van der Waals surface area contributed by atoms with Crippen LogP contribution < -0.4 is 16.4 Å². The van der Waals surface area contributed by atoms with Crippen LogP contribution in [0, 0.1) is 5.92 Å². The number of carbonyl (C=O) groups excluding carboxylic acids is 2. The van der Waals surface area contributed by atoms with Gasteiger partial charge in [0.05, 0.1) is 5.92 Å². The lowest BCUT2D eigenvalue weighted by Gasteiger charge is -2.13. The summed E-state index contributed by atoms with van der Waals surface area (Å²) in [5, 5.41) is 14.2. The molecule has 0 heterocycles. The molecular formula is C14H17N3O4. The Labute approximate surface area is 121 Å². The summed E-state index contributed by atoms with van der Waals surface area (Å²) in [6.45, 7) is 0. The third-order valence-corrected chi connectivity index (χ3v) is 3.52. The molecule has 0 aromatic heterocycles.